The predicted molar refractivity (Wildman–Crippen MR) is 118 cm³/mol. The number of fused-ring (bicyclic) bond motifs is 1. The Morgan fingerprint density at radius 2 is 1.97 bits per heavy atom. The Labute approximate surface area is 179 Å². The number of amides is 1. The number of carbonyl (C=O) groups is 2. The number of nitrogens with one attached hydrogen (secondary N) is 1. The van der Waals surface area contributed by atoms with E-state index in [1.54, 1.807) is 18.4 Å². The van der Waals surface area contributed by atoms with Gasteiger partial charge >= 0.3 is 5.97 Å². The van der Waals surface area contributed by atoms with Crippen LogP contribution >= 0.6 is 22.7 Å². The lowest BCUT2D eigenvalue weighted by atomic mass is 10.0. The molecule has 0 aliphatic carbocycles. The van der Waals surface area contributed by atoms with E-state index in [1.165, 1.54) is 33.6 Å². The van der Waals surface area contributed by atoms with Crippen molar-refractivity contribution in [2.75, 3.05) is 11.9 Å². The second-order valence-electron chi connectivity index (χ2n) is 6.31. The molecule has 4 rings (SSSR count). The average Bonchev–Trinajstić information content (AvgIpc) is 3.38. The third-order valence-electron chi connectivity index (χ3n) is 4.37. The predicted octanol–water partition coefficient (Wildman–Crippen LogP) is 4.00. The molecule has 1 amide bonds. The summed E-state index contributed by atoms with van der Waals surface area (Å²) >= 11 is 2.61. The fourth-order valence-electron chi connectivity index (χ4n) is 3.01. The van der Waals surface area contributed by atoms with Gasteiger partial charge in [0.2, 0.25) is 5.91 Å². The highest BCUT2D eigenvalue weighted by Gasteiger charge is 2.23. The standard InChI is InChI=1S/C21H17N3O4S2/c1-2-28-21(27)17-15(13-6-4-3-5-7-13)11-30-19(17)23-16(25)10-24-12-22-18-14(20(24)26)8-9-29-18/h3-9,11-12H,2,10H2,1H3,(H,23,25). The maximum absolute atomic E-state index is 12.6. The number of ether oxygens (including phenoxy) is 1. The Morgan fingerprint density at radius 3 is 2.73 bits per heavy atom. The molecule has 0 saturated heterocycles. The van der Waals surface area contributed by atoms with Crippen LogP contribution in [-0.2, 0) is 16.1 Å². The Kier molecular flexibility index (Phi) is 5.73. The molecule has 1 aromatic carbocycles. The second kappa shape index (κ2) is 8.60. The van der Waals surface area contributed by atoms with E-state index in [2.05, 4.69) is 10.3 Å². The van der Waals surface area contributed by atoms with E-state index in [4.69, 9.17) is 4.74 Å². The summed E-state index contributed by atoms with van der Waals surface area (Å²) in [6.45, 7) is 1.74. The number of nitrogens with zero attached hydrogens (tertiary/aromatic N) is 2. The van der Waals surface area contributed by atoms with Gasteiger partial charge in [-0.25, -0.2) is 9.78 Å². The van der Waals surface area contributed by atoms with Crippen LogP contribution in [0.2, 0.25) is 0 Å². The molecule has 9 heteroatoms. The fraction of sp³-hybridized carbons (Fsp3) is 0.143. The fourth-order valence-corrected chi connectivity index (χ4v) is 4.71. The van der Waals surface area contributed by atoms with Crippen molar-refractivity contribution >= 4 is 49.8 Å². The smallest absolute Gasteiger partial charge is 0.341 e. The maximum atomic E-state index is 12.6. The summed E-state index contributed by atoms with van der Waals surface area (Å²) in [4.78, 5) is 42.6. The first kappa shape index (κ1) is 20.0. The molecule has 0 fully saturated rings. The number of aromatic nitrogens is 2. The lowest BCUT2D eigenvalue weighted by Crippen LogP contribution is -2.27. The first-order valence-corrected chi connectivity index (χ1v) is 10.9. The van der Waals surface area contributed by atoms with E-state index in [0.29, 0.717) is 26.3 Å². The van der Waals surface area contributed by atoms with Crippen LogP contribution in [0.3, 0.4) is 0 Å². The summed E-state index contributed by atoms with van der Waals surface area (Å²) in [5, 5.41) is 7.20. The number of thiophene rings is 2. The van der Waals surface area contributed by atoms with E-state index >= 15 is 0 Å². The quantitative estimate of drug-likeness (QED) is 0.459. The van der Waals surface area contributed by atoms with Crippen molar-refractivity contribution in [2.45, 2.75) is 13.5 Å². The topological polar surface area (TPSA) is 90.3 Å². The molecule has 3 aromatic heterocycles. The number of esters is 1. The van der Waals surface area contributed by atoms with Crippen LogP contribution in [-0.4, -0.2) is 28.0 Å². The van der Waals surface area contributed by atoms with Crippen LogP contribution in [0.1, 0.15) is 17.3 Å². The van der Waals surface area contributed by atoms with Gasteiger partial charge in [0.05, 0.1) is 18.3 Å². The summed E-state index contributed by atoms with van der Waals surface area (Å²) in [5.74, 6) is -0.938. The lowest BCUT2D eigenvalue weighted by Gasteiger charge is -2.09. The zero-order chi connectivity index (χ0) is 21.1. The largest absolute Gasteiger partial charge is 0.462 e. The zero-order valence-corrected chi connectivity index (χ0v) is 17.6. The summed E-state index contributed by atoms with van der Waals surface area (Å²) < 4.78 is 6.45. The van der Waals surface area contributed by atoms with Gasteiger partial charge in [0.15, 0.2) is 0 Å². The van der Waals surface area contributed by atoms with Crippen LogP contribution in [0, 0.1) is 0 Å². The van der Waals surface area contributed by atoms with E-state index in [0.717, 1.165) is 5.56 Å². The molecule has 0 radical (unpaired) electrons. The molecule has 0 aliphatic heterocycles. The Hall–Kier alpha value is -3.30. The van der Waals surface area contributed by atoms with Crippen molar-refractivity contribution in [3.8, 4) is 11.1 Å². The molecule has 1 N–H and O–H groups in total. The maximum Gasteiger partial charge on any atom is 0.341 e. The molecule has 30 heavy (non-hydrogen) atoms. The van der Waals surface area contributed by atoms with Crippen molar-refractivity contribution in [2.24, 2.45) is 0 Å². The van der Waals surface area contributed by atoms with Gasteiger partial charge < -0.3 is 10.1 Å². The van der Waals surface area contributed by atoms with E-state index in [-0.39, 0.29) is 18.7 Å². The molecule has 152 valence electrons. The highest BCUT2D eigenvalue weighted by Crippen LogP contribution is 2.36. The molecule has 0 aliphatic rings. The lowest BCUT2D eigenvalue weighted by molar-refractivity contribution is -0.116. The van der Waals surface area contributed by atoms with E-state index < -0.39 is 11.9 Å². The summed E-state index contributed by atoms with van der Waals surface area (Å²) in [7, 11) is 0. The number of carbonyl (C=O) groups excluding carboxylic acids is 2. The van der Waals surface area contributed by atoms with Gasteiger partial charge in [0, 0.05) is 10.9 Å². The minimum Gasteiger partial charge on any atom is -0.462 e. The molecule has 0 spiro atoms. The van der Waals surface area contributed by atoms with Crippen LogP contribution in [0.4, 0.5) is 5.00 Å². The van der Waals surface area contributed by atoms with Gasteiger partial charge in [-0.2, -0.15) is 0 Å². The number of rotatable bonds is 6. The van der Waals surface area contributed by atoms with Crippen molar-refractivity contribution in [3.63, 3.8) is 0 Å². The normalized spacial score (nSPS) is 10.8. The van der Waals surface area contributed by atoms with Gasteiger partial charge in [-0.15, -0.1) is 22.7 Å². The van der Waals surface area contributed by atoms with Gasteiger partial charge in [0.1, 0.15) is 21.9 Å². The third kappa shape index (κ3) is 3.89. The SMILES string of the molecule is CCOC(=O)c1c(-c2ccccc2)csc1NC(=O)Cn1cnc2sccc2c1=O. The first-order chi connectivity index (χ1) is 14.6. The summed E-state index contributed by atoms with van der Waals surface area (Å²) in [5.41, 5.74) is 1.56. The molecule has 0 saturated carbocycles. The van der Waals surface area contributed by atoms with Gasteiger partial charge in [-0.1, -0.05) is 30.3 Å². The molecule has 0 bridgehead atoms. The molecule has 3 heterocycles. The van der Waals surface area contributed by atoms with E-state index in [9.17, 15) is 14.4 Å². The molecular weight excluding hydrogens is 422 g/mol. The Balaban J connectivity index is 1.62. The molecular formula is C21H17N3O4S2. The summed E-state index contributed by atoms with van der Waals surface area (Å²) in [6, 6.07) is 11.1. The van der Waals surface area contributed by atoms with Crippen molar-refractivity contribution in [3.05, 3.63) is 69.4 Å². The first-order valence-electron chi connectivity index (χ1n) is 9.15. The van der Waals surface area contributed by atoms with Crippen LogP contribution in [0.25, 0.3) is 21.3 Å². The minimum absolute atomic E-state index is 0.210. The highest BCUT2D eigenvalue weighted by molar-refractivity contribution is 7.16. The van der Waals surface area contributed by atoms with Gasteiger partial charge in [-0.3, -0.25) is 14.2 Å². The molecule has 0 atom stereocenters. The number of hydrogen-bond donors (Lipinski definition) is 1. The Morgan fingerprint density at radius 1 is 1.17 bits per heavy atom. The third-order valence-corrected chi connectivity index (χ3v) is 6.09. The van der Waals surface area contributed by atoms with E-state index in [1.807, 2.05) is 35.7 Å². The van der Waals surface area contributed by atoms with Crippen LogP contribution < -0.4 is 10.9 Å². The van der Waals surface area contributed by atoms with Crippen molar-refractivity contribution in [1.29, 1.82) is 0 Å². The molecule has 0 unspecified atom stereocenters. The number of hydrogen-bond acceptors (Lipinski definition) is 7. The second-order valence-corrected chi connectivity index (χ2v) is 8.08. The van der Waals surface area contributed by atoms with Crippen molar-refractivity contribution in [1.82, 2.24) is 9.55 Å². The number of benzene rings is 1. The minimum atomic E-state index is -0.508. The van der Waals surface area contributed by atoms with Crippen molar-refractivity contribution < 1.29 is 14.3 Å². The van der Waals surface area contributed by atoms with Crippen LogP contribution in [0.5, 0.6) is 0 Å². The number of anilines is 1. The molecule has 4 aromatic rings. The average molecular weight is 440 g/mol. The Bertz CT molecular complexity index is 1270. The molecule has 7 nitrogen and oxygen atoms in total. The van der Waals surface area contributed by atoms with Gasteiger partial charge in [0.25, 0.3) is 5.56 Å². The van der Waals surface area contributed by atoms with Gasteiger partial charge in [-0.05, 0) is 23.9 Å². The highest BCUT2D eigenvalue weighted by atomic mass is 32.1. The summed E-state index contributed by atoms with van der Waals surface area (Å²) in [6.07, 6.45) is 1.36. The zero-order valence-electron chi connectivity index (χ0n) is 16.0. The monoisotopic (exact) mass is 439 g/mol. The van der Waals surface area contributed by atoms with Crippen LogP contribution in [0.15, 0.2) is 58.3 Å².